The molecule has 2 rings (SSSR count). The van der Waals surface area contributed by atoms with E-state index in [4.69, 9.17) is 10.5 Å². The molecule has 0 aliphatic carbocycles. The smallest absolute Gasteiger partial charge is 0.120 e. The Labute approximate surface area is 124 Å². The minimum absolute atomic E-state index is 0.333. The van der Waals surface area contributed by atoms with E-state index in [0.717, 1.165) is 36.5 Å². The van der Waals surface area contributed by atoms with Crippen molar-refractivity contribution in [1.29, 1.82) is 0 Å². The van der Waals surface area contributed by atoms with Gasteiger partial charge in [0.25, 0.3) is 0 Å². The van der Waals surface area contributed by atoms with Gasteiger partial charge in [-0.25, -0.2) is 0 Å². The summed E-state index contributed by atoms with van der Waals surface area (Å²) >= 11 is 3.45. The maximum atomic E-state index is 5.96. The summed E-state index contributed by atoms with van der Waals surface area (Å²) in [6, 6.07) is 8.33. The number of nitrogens with two attached hydrogens (primary N) is 1. The van der Waals surface area contributed by atoms with Crippen molar-refractivity contribution in [3.05, 3.63) is 28.7 Å². The summed E-state index contributed by atoms with van der Waals surface area (Å²) in [4.78, 5) is 2.47. The number of piperidine rings is 1. The van der Waals surface area contributed by atoms with Gasteiger partial charge in [0.15, 0.2) is 0 Å². The van der Waals surface area contributed by atoms with E-state index < -0.39 is 0 Å². The summed E-state index contributed by atoms with van der Waals surface area (Å²) in [5.41, 5.74) is 5.96. The lowest BCUT2D eigenvalue weighted by molar-refractivity contribution is 0.147. The fraction of sp³-hybridized carbons (Fsp3) is 0.600. The summed E-state index contributed by atoms with van der Waals surface area (Å²) in [6.45, 7) is 6.16. The van der Waals surface area contributed by atoms with E-state index in [1.807, 2.05) is 24.3 Å². The van der Waals surface area contributed by atoms with Crippen molar-refractivity contribution >= 4 is 15.9 Å². The van der Waals surface area contributed by atoms with E-state index in [9.17, 15) is 0 Å². The van der Waals surface area contributed by atoms with Crippen LogP contribution in [0.5, 0.6) is 5.75 Å². The van der Waals surface area contributed by atoms with Gasteiger partial charge in [0.1, 0.15) is 12.4 Å². The molecule has 2 N–H and O–H groups in total. The van der Waals surface area contributed by atoms with Crippen LogP contribution in [0, 0.1) is 5.92 Å². The molecule has 1 heterocycles. The second-order valence-electron chi connectivity index (χ2n) is 5.34. The van der Waals surface area contributed by atoms with Crippen LogP contribution in [-0.2, 0) is 0 Å². The van der Waals surface area contributed by atoms with E-state index in [-0.39, 0.29) is 0 Å². The predicted molar refractivity (Wildman–Crippen MR) is 82.5 cm³/mol. The number of halogens is 1. The van der Waals surface area contributed by atoms with Gasteiger partial charge in [-0.3, -0.25) is 4.90 Å². The van der Waals surface area contributed by atoms with Crippen molar-refractivity contribution in [3.8, 4) is 5.75 Å². The second-order valence-corrected chi connectivity index (χ2v) is 6.26. The molecule has 1 saturated heterocycles. The minimum Gasteiger partial charge on any atom is -0.492 e. The SMILES string of the molecule is CC(N)C1CCN(CCOc2cccc(Br)c2)CC1. The molecule has 4 heteroatoms. The number of likely N-dealkylation sites (tertiary alicyclic amines) is 1. The van der Waals surface area contributed by atoms with Gasteiger partial charge in [0.2, 0.25) is 0 Å². The first-order valence-corrected chi connectivity index (χ1v) is 7.81. The van der Waals surface area contributed by atoms with Crippen molar-refractivity contribution in [2.45, 2.75) is 25.8 Å². The van der Waals surface area contributed by atoms with E-state index in [1.165, 1.54) is 12.8 Å². The molecule has 3 nitrogen and oxygen atoms in total. The lowest BCUT2D eigenvalue weighted by Gasteiger charge is -2.33. The Balaban J connectivity index is 1.67. The van der Waals surface area contributed by atoms with Gasteiger partial charge in [0.05, 0.1) is 0 Å². The number of hydrogen-bond acceptors (Lipinski definition) is 3. The maximum Gasteiger partial charge on any atom is 0.120 e. The highest BCUT2D eigenvalue weighted by Crippen LogP contribution is 2.20. The summed E-state index contributed by atoms with van der Waals surface area (Å²) < 4.78 is 6.83. The average Bonchev–Trinajstić information content (AvgIpc) is 2.39. The van der Waals surface area contributed by atoms with Gasteiger partial charge in [0, 0.05) is 17.1 Å². The molecule has 1 unspecified atom stereocenters. The van der Waals surface area contributed by atoms with Crippen LogP contribution in [0.3, 0.4) is 0 Å². The largest absolute Gasteiger partial charge is 0.492 e. The first kappa shape index (κ1) is 14.8. The molecule has 1 aromatic carbocycles. The highest BCUT2D eigenvalue weighted by molar-refractivity contribution is 9.10. The van der Waals surface area contributed by atoms with E-state index >= 15 is 0 Å². The Morgan fingerprint density at radius 1 is 1.42 bits per heavy atom. The van der Waals surface area contributed by atoms with E-state index in [0.29, 0.717) is 12.0 Å². The predicted octanol–water partition coefficient (Wildman–Crippen LogP) is 2.89. The number of rotatable bonds is 5. The van der Waals surface area contributed by atoms with Crippen LogP contribution in [-0.4, -0.2) is 37.2 Å². The van der Waals surface area contributed by atoms with Gasteiger partial charge in [-0.1, -0.05) is 22.0 Å². The fourth-order valence-electron chi connectivity index (χ4n) is 2.55. The molecule has 0 spiro atoms. The maximum absolute atomic E-state index is 5.96. The molecule has 0 bridgehead atoms. The van der Waals surface area contributed by atoms with Crippen LogP contribution >= 0.6 is 15.9 Å². The van der Waals surface area contributed by atoms with Gasteiger partial charge in [-0.15, -0.1) is 0 Å². The number of benzene rings is 1. The van der Waals surface area contributed by atoms with Crippen LogP contribution < -0.4 is 10.5 Å². The Hall–Kier alpha value is -0.580. The topological polar surface area (TPSA) is 38.5 Å². The normalized spacial score (nSPS) is 19.3. The molecule has 1 atom stereocenters. The van der Waals surface area contributed by atoms with Crippen molar-refractivity contribution in [2.75, 3.05) is 26.2 Å². The summed E-state index contributed by atoms with van der Waals surface area (Å²) in [7, 11) is 0. The van der Waals surface area contributed by atoms with Crippen molar-refractivity contribution in [2.24, 2.45) is 11.7 Å². The zero-order valence-electron chi connectivity index (χ0n) is 11.5. The number of nitrogens with zero attached hydrogens (tertiary/aromatic N) is 1. The van der Waals surface area contributed by atoms with Gasteiger partial charge >= 0.3 is 0 Å². The first-order valence-electron chi connectivity index (χ1n) is 7.01. The highest BCUT2D eigenvalue weighted by Gasteiger charge is 2.21. The molecule has 0 aromatic heterocycles. The molecule has 0 saturated carbocycles. The van der Waals surface area contributed by atoms with Crippen LogP contribution in [0.2, 0.25) is 0 Å². The molecule has 106 valence electrons. The van der Waals surface area contributed by atoms with Crippen molar-refractivity contribution < 1.29 is 4.74 Å². The summed E-state index contributed by atoms with van der Waals surface area (Å²) in [6.07, 6.45) is 2.43. The number of hydrogen-bond donors (Lipinski definition) is 1. The monoisotopic (exact) mass is 326 g/mol. The van der Waals surface area contributed by atoms with E-state index in [2.05, 4.69) is 27.8 Å². The van der Waals surface area contributed by atoms with Crippen LogP contribution in [0.1, 0.15) is 19.8 Å². The van der Waals surface area contributed by atoms with Crippen molar-refractivity contribution in [3.63, 3.8) is 0 Å². The Kier molecular flexibility index (Phi) is 5.67. The Morgan fingerprint density at radius 3 is 2.79 bits per heavy atom. The van der Waals surface area contributed by atoms with Crippen LogP contribution in [0.25, 0.3) is 0 Å². The molecular formula is C15H23BrN2O. The molecule has 1 aliphatic rings. The molecule has 0 radical (unpaired) electrons. The van der Waals surface area contributed by atoms with Crippen LogP contribution in [0.4, 0.5) is 0 Å². The lowest BCUT2D eigenvalue weighted by Crippen LogP contribution is -2.41. The third kappa shape index (κ3) is 4.79. The van der Waals surface area contributed by atoms with Crippen LogP contribution in [0.15, 0.2) is 28.7 Å². The van der Waals surface area contributed by atoms with E-state index in [1.54, 1.807) is 0 Å². The number of ether oxygens (including phenoxy) is 1. The molecular weight excluding hydrogens is 304 g/mol. The molecule has 1 aromatic rings. The molecule has 1 fully saturated rings. The lowest BCUT2D eigenvalue weighted by atomic mass is 9.91. The molecule has 1 aliphatic heterocycles. The third-order valence-corrected chi connectivity index (χ3v) is 4.34. The Morgan fingerprint density at radius 2 is 2.16 bits per heavy atom. The third-order valence-electron chi connectivity index (χ3n) is 3.85. The van der Waals surface area contributed by atoms with Gasteiger partial charge in [-0.05, 0) is 57.0 Å². The van der Waals surface area contributed by atoms with Crippen molar-refractivity contribution in [1.82, 2.24) is 4.90 Å². The summed E-state index contributed by atoms with van der Waals surface area (Å²) in [5.74, 6) is 1.63. The zero-order valence-corrected chi connectivity index (χ0v) is 13.1. The molecule has 0 amide bonds. The second kappa shape index (κ2) is 7.27. The fourth-order valence-corrected chi connectivity index (χ4v) is 2.93. The first-order chi connectivity index (χ1) is 9.15. The van der Waals surface area contributed by atoms with Gasteiger partial charge in [-0.2, -0.15) is 0 Å². The highest BCUT2D eigenvalue weighted by atomic mass is 79.9. The Bertz CT molecular complexity index is 389. The van der Waals surface area contributed by atoms with Gasteiger partial charge < -0.3 is 10.5 Å². The summed E-state index contributed by atoms with van der Waals surface area (Å²) in [5, 5.41) is 0. The quantitative estimate of drug-likeness (QED) is 0.904. The molecule has 19 heavy (non-hydrogen) atoms. The minimum atomic E-state index is 0.333. The zero-order chi connectivity index (χ0) is 13.7. The average molecular weight is 327 g/mol. The standard InChI is InChI=1S/C15H23BrN2O/c1-12(17)13-5-7-18(8-6-13)9-10-19-15-4-2-3-14(16)11-15/h2-4,11-13H,5-10,17H2,1H3.